The third-order valence-corrected chi connectivity index (χ3v) is 8.19. The van der Waals surface area contributed by atoms with Gasteiger partial charge in [0.05, 0.1) is 11.6 Å². The molecule has 1 atom stereocenters. The number of rotatable bonds is 4. The predicted octanol–water partition coefficient (Wildman–Crippen LogP) is 5.87. The van der Waals surface area contributed by atoms with Gasteiger partial charge in [0, 0.05) is 35.6 Å². The first-order chi connectivity index (χ1) is 18.1. The molecule has 1 aliphatic rings. The molecule has 5 rings (SSSR count). The number of pyridine rings is 2. The molecular weight excluding hydrogens is 520 g/mol. The Hall–Kier alpha value is -3.44. The number of likely N-dealkylation sites (tertiary alicyclic amines) is 1. The smallest absolute Gasteiger partial charge is 0.410 e. The Morgan fingerprint density at radius 3 is 2.63 bits per heavy atom. The van der Waals surface area contributed by atoms with Crippen LogP contribution in [0.2, 0.25) is 0 Å². The molecular formula is C27H30N6O3S2. The summed E-state index contributed by atoms with van der Waals surface area (Å²) < 4.78 is 6.70. The van der Waals surface area contributed by atoms with Crippen molar-refractivity contribution < 1.29 is 14.3 Å². The van der Waals surface area contributed by atoms with E-state index in [0.29, 0.717) is 35.2 Å². The van der Waals surface area contributed by atoms with E-state index >= 15 is 0 Å². The van der Waals surface area contributed by atoms with Gasteiger partial charge in [-0.15, -0.1) is 21.5 Å². The fourth-order valence-corrected chi connectivity index (χ4v) is 6.17. The maximum atomic E-state index is 14.2. The topological polar surface area (TPSA) is 101 Å². The highest BCUT2D eigenvalue weighted by atomic mass is 32.1. The minimum Gasteiger partial charge on any atom is -0.444 e. The van der Waals surface area contributed by atoms with E-state index in [1.54, 1.807) is 45.7 Å². The lowest BCUT2D eigenvalue weighted by Crippen LogP contribution is -2.53. The van der Waals surface area contributed by atoms with Crippen LogP contribution in [-0.4, -0.2) is 61.8 Å². The van der Waals surface area contributed by atoms with Gasteiger partial charge in [-0.05, 0) is 76.6 Å². The summed E-state index contributed by atoms with van der Waals surface area (Å²) in [4.78, 5) is 39.8. The van der Waals surface area contributed by atoms with E-state index in [1.165, 1.54) is 11.3 Å². The number of amides is 2. The minimum atomic E-state index is -0.598. The average molecular weight is 551 g/mol. The number of aryl methyl sites for hydroxylation is 2. The molecule has 5 heterocycles. The molecule has 0 spiro atoms. The summed E-state index contributed by atoms with van der Waals surface area (Å²) in [5.74, 6) is 0.394. The zero-order valence-electron chi connectivity index (χ0n) is 22.1. The van der Waals surface area contributed by atoms with Crippen LogP contribution in [0.5, 0.6) is 0 Å². The lowest BCUT2D eigenvalue weighted by Gasteiger charge is -2.39. The summed E-state index contributed by atoms with van der Waals surface area (Å²) in [6.07, 6.45) is 4.44. The maximum absolute atomic E-state index is 14.2. The minimum absolute atomic E-state index is 0.209. The van der Waals surface area contributed by atoms with Crippen molar-refractivity contribution in [3.8, 4) is 10.7 Å². The zero-order valence-corrected chi connectivity index (χ0v) is 23.7. The van der Waals surface area contributed by atoms with Crippen LogP contribution in [0.1, 0.15) is 54.5 Å². The van der Waals surface area contributed by atoms with Crippen molar-refractivity contribution in [1.82, 2.24) is 25.1 Å². The van der Waals surface area contributed by atoms with Crippen LogP contribution in [0.4, 0.5) is 10.6 Å². The van der Waals surface area contributed by atoms with Crippen LogP contribution < -0.4 is 4.90 Å². The first-order valence-corrected chi connectivity index (χ1v) is 14.2. The fourth-order valence-electron chi connectivity index (χ4n) is 4.57. The Bertz CT molecular complexity index is 1470. The van der Waals surface area contributed by atoms with Crippen LogP contribution in [0, 0.1) is 13.8 Å². The van der Waals surface area contributed by atoms with E-state index in [-0.39, 0.29) is 18.0 Å². The highest BCUT2D eigenvalue weighted by Gasteiger charge is 2.35. The van der Waals surface area contributed by atoms with Gasteiger partial charge in [-0.25, -0.2) is 9.78 Å². The van der Waals surface area contributed by atoms with E-state index in [1.807, 2.05) is 40.7 Å². The van der Waals surface area contributed by atoms with Crippen LogP contribution in [0.25, 0.3) is 20.8 Å². The molecule has 0 N–H and O–H groups in total. The number of thiophene rings is 1. The largest absolute Gasteiger partial charge is 0.444 e. The Morgan fingerprint density at radius 2 is 1.95 bits per heavy atom. The number of fused-ring (bicyclic) bond motifs is 1. The lowest BCUT2D eigenvalue weighted by atomic mass is 10.0. The molecule has 9 nitrogen and oxygen atoms in total. The number of ether oxygens (including phenoxy) is 1. The van der Waals surface area contributed by atoms with Crippen molar-refractivity contribution in [3.63, 3.8) is 0 Å². The van der Waals surface area contributed by atoms with Gasteiger partial charge in [0.2, 0.25) is 0 Å². The number of carbonyl (C=O) groups is 2. The molecule has 1 aliphatic heterocycles. The number of nitrogens with zero attached hydrogens (tertiary/aromatic N) is 6. The Balaban J connectivity index is 1.51. The van der Waals surface area contributed by atoms with E-state index in [4.69, 9.17) is 9.72 Å². The summed E-state index contributed by atoms with van der Waals surface area (Å²) >= 11 is 3.08. The molecule has 11 heteroatoms. The Labute approximate surface area is 229 Å². The summed E-state index contributed by atoms with van der Waals surface area (Å²) in [5, 5.41) is 12.8. The first-order valence-electron chi connectivity index (χ1n) is 12.5. The van der Waals surface area contributed by atoms with Crippen molar-refractivity contribution in [2.24, 2.45) is 0 Å². The number of anilines is 1. The van der Waals surface area contributed by atoms with Gasteiger partial charge in [-0.2, -0.15) is 0 Å². The average Bonchev–Trinajstić information content (AvgIpc) is 3.49. The predicted molar refractivity (Wildman–Crippen MR) is 150 cm³/mol. The monoisotopic (exact) mass is 550 g/mol. The Morgan fingerprint density at radius 1 is 1.13 bits per heavy atom. The van der Waals surface area contributed by atoms with Crippen molar-refractivity contribution in [2.75, 3.05) is 18.0 Å². The third-order valence-electron chi connectivity index (χ3n) is 6.27. The van der Waals surface area contributed by atoms with E-state index in [2.05, 4.69) is 20.6 Å². The number of hydrogen-bond donors (Lipinski definition) is 0. The molecule has 0 aromatic carbocycles. The maximum Gasteiger partial charge on any atom is 0.410 e. The molecule has 0 saturated carbocycles. The summed E-state index contributed by atoms with van der Waals surface area (Å²) in [5.41, 5.74) is 1.57. The number of hydrogen-bond acceptors (Lipinski definition) is 9. The van der Waals surface area contributed by atoms with Gasteiger partial charge in [-0.3, -0.25) is 14.7 Å². The van der Waals surface area contributed by atoms with E-state index in [0.717, 1.165) is 33.5 Å². The molecule has 38 heavy (non-hydrogen) atoms. The molecule has 4 aromatic heterocycles. The molecule has 4 aromatic rings. The van der Waals surface area contributed by atoms with Crippen LogP contribution in [-0.2, 0) is 4.74 Å². The molecule has 0 radical (unpaired) electrons. The number of aromatic nitrogens is 4. The van der Waals surface area contributed by atoms with Gasteiger partial charge in [0.1, 0.15) is 22.1 Å². The summed E-state index contributed by atoms with van der Waals surface area (Å²) in [7, 11) is 0. The van der Waals surface area contributed by atoms with Gasteiger partial charge in [-0.1, -0.05) is 11.3 Å². The SMILES string of the molecule is Cc1nnc(-c2ccc(C(=O)N(c3nccc4scc(C)c34)[C@@H]3CCCN(C(=O)OC(C)(C)C)C3)cn2)s1. The third kappa shape index (κ3) is 5.39. The van der Waals surface area contributed by atoms with Gasteiger partial charge in [0.25, 0.3) is 5.91 Å². The van der Waals surface area contributed by atoms with Crippen LogP contribution >= 0.6 is 22.7 Å². The molecule has 0 bridgehead atoms. The normalized spacial score (nSPS) is 16.0. The summed E-state index contributed by atoms with van der Waals surface area (Å²) in [6, 6.07) is 5.26. The molecule has 198 valence electrons. The Kier molecular flexibility index (Phi) is 7.15. The van der Waals surface area contributed by atoms with Gasteiger partial charge >= 0.3 is 6.09 Å². The van der Waals surface area contributed by atoms with Crippen LogP contribution in [0.15, 0.2) is 36.0 Å². The highest BCUT2D eigenvalue weighted by Crippen LogP contribution is 2.35. The van der Waals surface area contributed by atoms with E-state index < -0.39 is 5.60 Å². The molecule has 0 aliphatic carbocycles. The zero-order chi connectivity index (χ0) is 27.0. The van der Waals surface area contributed by atoms with Gasteiger partial charge in [0.15, 0.2) is 5.01 Å². The number of piperidine rings is 1. The second-order valence-corrected chi connectivity index (χ2v) is 12.5. The van der Waals surface area contributed by atoms with Crippen molar-refractivity contribution in [2.45, 2.75) is 59.1 Å². The van der Waals surface area contributed by atoms with Crippen molar-refractivity contribution in [1.29, 1.82) is 0 Å². The fraction of sp³-hybridized carbons (Fsp3) is 0.407. The number of carbonyl (C=O) groups excluding carboxylic acids is 2. The standard InChI is InChI=1S/C27H30N6O3S2/c1-16-15-37-21-10-11-28-23(22(16)21)33(19-7-6-12-32(14-19)26(35)36-27(3,4)5)25(34)18-8-9-20(29-13-18)24-31-30-17(2)38-24/h8-11,13,15,19H,6-7,12,14H2,1-5H3/t19-/m1/s1. The molecule has 2 amide bonds. The molecule has 1 saturated heterocycles. The lowest BCUT2D eigenvalue weighted by molar-refractivity contribution is 0.0196. The molecule has 1 fully saturated rings. The van der Waals surface area contributed by atoms with Crippen molar-refractivity contribution in [3.05, 3.63) is 52.1 Å². The quantitative estimate of drug-likeness (QED) is 0.313. The molecule has 0 unspecified atom stereocenters. The van der Waals surface area contributed by atoms with Gasteiger partial charge < -0.3 is 9.64 Å². The highest BCUT2D eigenvalue weighted by molar-refractivity contribution is 7.17. The summed E-state index contributed by atoms with van der Waals surface area (Å²) in [6.45, 7) is 10.4. The van der Waals surface area contributed by atoms with E-state index in [9.17, 15) is 9.59 Å². The first kappa shape index (κ1) is 26.2. The second-order valence-electron chi connectivity index (χ2n) is 10.4. The van der Waals surface area contributed by atoms with Crippen molar-refractivity contribution >= 4 is 50.6 Å². The van der Waals surface area contributed by atoms with Crippen LogP contribution in [0.3, 0.4) is 0 Å². The second kappa shape index (κ2) is 10.4.